The fraction of sp³-hybridized carbons (Fsp3) is 0.714. The Labute approximate surface area is 129 Å². The predicted molar refractivity (Wildman–Crippen MR) is 81.4 cm³/mol. The maximum absolute atomic E-state index is 11.4. The fourth-order valence-electron chi connectivity index (χ4n) is 1.90. The van der Waals surface area contributed by atoms with E-state index >= 15 is 0 Å². The average Bonchev–Trinajstić information content (AvgIpc) is 3.31. The normalized spacial score (nSPS) is 15.4. The zero-order valence-electron chi connectivity index (χ0n) is 13.2. The van der Waals surface area contributed by atoms with Crippen molar-refractivity contribution in [3.8, 4) is 5.88 Å². The largest absolute Gasteiger partial charge is 0.470 e. The molecule has 1 aliphatic rings. The zero-order chi connectivity index (χ0) is 16.1. The number of nitro groups is 1. The Hall–Kier alpha value is -1.96. The van der Waals surface area contributed by atoms with Crippen molar-refractivity contribution in [2.45, 2.75) is 45.1 Å². The van der Waals surface area contributed by atoms with Gasteiger partial charge in [-0.1, -0.05) is 6.92 Å². The van der Waals surface area contributed by atoms with Gasteiger partial charge in [0.1, 0.15) is 12.4 Å². The molecule has 8 heteroatoms. The van der Waals surface area contributed by atoms with E-state index in [1.165, 1.54) is 0 Å². The summed E-state index contributed by atoms with van der Waals surface area (Å²) < 4.78 is 10.4. The molecular weight excluding hydrogens is 288 g/mol. The molecule has 22 heavy (non-hydrogen) atoms. The van der Waals surface area contributed by atoms with E-state index in [4.69, 9.17) is 9.47 Å². The van der Waals surface area contributed by atoms with Gasteiger partial charge in [0, 0.05) is 19.1 Å². The molecule has 0 bridgehead atoms. The van der Waals surface area contributed by atoms with Crippen molar-refractivity contribution in [1.29, 1.82) is 0 Å². The summed E-state index contributed by atoms with van der Waals surface area (Å²) in [6.07, 6.45) is 2.86. The molecule has 1 fully saturated rings. The molecule has 1 aromatic heterocycles. The summed E-state index contributed by atoms with van der Waals surface area (Å²) in [4.78, 5) is 19.5. The van der Waals surface area contributed by atoms with Gasteiger partial charge < -0.3 is 14.8 Å². The first-order valence-corrected chi connectivity index (χ1v) is 7.51. The van der Waals surface area contributed by atoms with Gasteiger partial charge in [0.2, 0.25) is 5.82 Å². The quantitative estimate of drug-likeness (QED) is 0.425. The number of methoxy groups -OCH3 is 1. The molecule has 1 saturated carbocycles. The maximum Gasteiger partial charge on any atom is 0.372 e. The summed E-state index contributed by atoms with van der Waals surface area (Å²) in [5.41, 5.74) is -0.208. The highest BCUT2D eigenvalue weighted by Crippen LogP contribution is 2.42. The number of anilines is 1. The Morgan fingerprint density at radius 2 is 2.14 bits per heavy atom. The Kier molecular flexibility index (Phi) is 5.48. The molecule has 122 valence electrons. The minimum atomic E-state index is -0.497. The Bertz CT molecular complexity index is 534. The van der Waals surface area contributed by atoms with Crippen LogP contribution in [-0.4, -0.2) is 41.3 Å². The number of rotatable bonds is 9. The van der Waals surface area contributed by atoms with Gasteiger partial charge in [0.25, 0.3) is 5.88 Å². The van der Waals surface area contributed by atoms with E-state index in [9.17, 15) is 10.1 Å². The number of hydrogen-bond acceptors (Lipinski definition) is 7. The van der Waals surface area contributed by atoms with Crippen LogP contribution in [-0.2, 0) is 4.74 Å². The van der Waals surface area contributed by atoms with E-state index < -0.39 is 4.92 Å². The highest BCUT2D eigenvalue weighted by molar-refractivity contribution is 5.62. The number of hydrogen-bond donors (Lipinski definition) is 1. The van der Waals surface area contributed by atoms with Crippen LogP contribution >= 0.6 is 0 Å². The molecule has 1 N–H and O–H groups in total. The third-order valence-electron chi connectivity index (χ3n) is 3.52. The van der Waals surface area contributed by atoms with E-state index in [1.54, 1.807) is 7.11 Å². The molecule has 0 aromatic carbocycles. The monoisotopic (exact) mass is 310 g/mol. The lowest BCUT2D eigenvalue weighted by Crippen LogP contribution is -2.18. The van der Waals surface area contributed by atoms with Crippen LogP contribution in [0, 0.1) is 10.1 Å². The summed E-state index contributed by atoms with van der Waals surface area (Å²) in [7, 11) is 1.54. The SMILES string of the molecule is CCC(C)Nc1nc(C2CC2)nc(OCCOC)c1[N+](=O)[O-]. The van der Waals surface area contributed by atoms with Gasteiger partial charge in [-0.2, -0.15) is 4.98 Å². The van der Waals surface area contributed by atoms with Crippen LogP contribution in [0.3, 0.4) is 0 Å². The minimum Gasteiger partial charge on any atom is -0.470 e. The van der Waals surface area contributed by atoms with E-state index in [-0.39, 0.29) is 36.0 Å². The molecule has 1 atom stereocenters. The molecule has 1 aromatic rings. The molecular formula is C14H22N4O4. The first-order chi connectivity index (χ1) is 10.6. The smallest absolute Gasteiger partial charge is 0.372 e. The predicted octanol–water partition coefficient (Wildman–Crippen LogP) is 2.50. The summed E-state index contributed by atoms with van der Waals surface area (Å²) in [6, 6.07) is 0.0764. The van der Waals surface area contributed by atoms with Crippen molar-refractivity contribution in [2.24, 2.45) is 0 Å². The van der Waals surface area contributed by atoms with Crippen LogP contribution in [0.2, 0.25) is 0 Å². The van der Waals surface area contributed by atoms with Gasteiger partial charge in [-0.05, 0) is 26.2 Å². The molecule has 2 rings (SSSR count). The van der Waals surface area contributed by atoms with Crippen molar-refractivity contribution in [3.05, 3.63) is 15.9 Å². The van der Waals surface area contributed by atoms with E-state index in [0.717, 1.165) is 19.3 Å². The van der Waals surface area contributed by atoms with Crippen molar-refractivity contribution in [3.63, 3.8) is 0 Å². The van der Waals surface area contributed by atoms with Crippen LogP contribution in [0.25, 0.3) is 0 Å². The molecule has 1 aliphatic carbocycles. The Morgan fingerprint density at radius 3 is 2.68 bits per heavy atom. The van der Waals surface area contributed by atoms with Gasteiger partial charge in [-0.15, -0.1) is 0 Å². The molecule has 1 unspecified atom stereocenters. The standard InChI is InChI=1S/C14H22N4O4/c1-4-9(2)15-13-11(18(19)20)14(22-8-7-21-3)17-12(16-13)10-5-6-10/h9-10H,4-8H2,1-3H3,(H,15,16,17). The molecule has 0 amide bonds. The van der Waals surface area contributed by atoms with Crippen molar-refractivity contribution >= 4 is 11.5 Å². The van der Waals surface area contributed by atoms with Crippen LogP contribution < -0.4 is 10.1 Å². The van der Waals surface area contributed by atoms with Gasteiger partial charge >= 0.3 is 5.69 Å². The van der Waals surface area contributed by atoms with Crippen LogP contribution in [0.5, 0.6) is 5.88 Å². The summed E-state index contributed by atoms with van der Waals surface area (Å²) >= 11 is 0. The summed E-state index contributed by atoms with van der Waals surface area (Å²) in [6.45, 7) is 4.51. The van der Waals surface area contributed by atoms with Gasteiger partial charge in [0.05, 0.1) is 11.5 Å². The Morgan fingerprint density at radius 1 is 1.41 bits per heavy atom. The third-order valence-corrected chi connectivity index (χ3v) is 3.52. The number of ether oxygens (including phenoxy) is 2. The van der Waals surface area contributed by atoms with E-state index in [1.807, 2.05) is 13.8 Å². The molecule has 0 aliphatic heterocycles. The Balaban J connectivity index is 2.36. The lowest BCUT2D eigenvalue weighted by atomic mass is 10.2. The zero-order valence-corrected chi connectivity index (χ0v) is 13.2. The number of nitrogens with one attached hydrogen (secondary N) is 1. The summed E-state index contributed by atoms with van der Waals surface area (Å²) in [5, 5.41) is 14.5. The summed E-state index contributed by atoms with van der Waals surface area (Å²) in [5.74, 6) is 1.15. The second-order valence-corrected chi connectivity index (χ2v) is 5.41. The average molecular weight is 310 g/mol. The van der Waals surface area contributed by atoms with Crippen LogP contribution in [0.1, 0.15) is 44.9 Å². The third kappa shape index (κ3) is 4.03. The van der Waals surface area contributed by atoms with Gasteiger partial charge in [0.15, 0.2) is 0 Å². The van der Waals surface area contributed by atoms with Gasteiger partial charge in [-0.25, -0.2) is 4.98 Å². The topological polar surface area (TPSA) is 99.4 Å². The van der Waals surface area contributed by atoms with Crippen LogP contribution in [0.4, 0.5) is 11.5 Å². The number of aromatic nitrogens is 2. The van der Waals surface area contributed by atoms with Crippen molar-refractivity contribution in [2.75, 3.05) is 25.6 Å². The lowest BCUT2D eigenvalue weighted by molar-refractivity contribution is -0.385. The molecule has 0 saturated heterocycles. The highest BCUT2D eigenvalue weighted by Gasteiger charge is 2.33. The van der Waals surface area contributed by atoms with E-state index in [0.29, 0.717) is 12.4 Å². The van der Waals surface area contributed by atoms with Crippen LogP contribution in [0.15, 0.2) is 0 Å². The minimum absolute atomic E-state index is 0.0183. The maximum atomic E-state index is 11.4. The number of nitrogens with zero attached hydrogens (tertiary/aromatic N) is 3. The van der Waals surface area contributed by atoms with Crippen molar-refractivity contribution in [1.82, 2.24) is 9.97 Å². The van der Waals surface area contributed by atoms with E-state index in [2.05, 4.69) is 15.3 Å². The highest BCUT2D eigenvalue weighted by atomic mass is 16.6. The molecule has 1 heterocycles. The second-order valence-electron chi connectivity index (χ2n) is 5.41. The molecule has 8 nitrogen and oxygen atoms in total. The first-order valence-electron chi connectivity index (χ1n) is 7.51. The first kappa shape index (κ1) is 16.4. The van der Waals surface area contributed by atoms with Crippen molar-refractivity contribution < 1.29 is 14.4 Å². The molecule has 0 spiro atoms. The second kappa shape index (κ2) is 7.35. The fourth-order valence-corrected chi connectivity index (χ4v) is 1.90. The van der Waals surface area contributed by atoms with Gasteiger partial charge in [-0.3, -0.25) is 10.1 Å². The molecule has 0 radical (unpaired) electrons. The lowest BCUT2D eigenvalue weighted by Gasteiger charge is -2.15.